The second kappa shape index (κ2) is 5.69. The Morgan fingerprint density at radius 2 is 2.43 bits per heavy atom. The van der Waals surface area contributed by atoms with Crippen LogP contribution in [0.15, 0.2) is 16.8 Å². The van der Waals surface area contributed by atoms with Crippen LogP contribution in [0, 0.1) is 6.92 Å². The molecule has 1 atom stereocenters. The Balaban J connectivity index is 1.75. The molecule has 7 heteroatoms. The van der Waals surface area contributed by atoms with Crippen LogP contribution in [0.5, 0.6) is 0 Å². The third kappa shape index (κ3) is 2.97. The Morgan fingerprint density at radius 1 is 1.57 bits per heavy atom. The van der Waals surface area contributed by atoms with Gasteiger partial charge >= 0.3 is 0 Å². The normalized spacial score (nSPS) is 18.7. The van der Waals surface area contributed by atoms with Crippen molar-refractivity contribution in [2.45, 2.75) is 25.8 Å². The molecule has 0 aromatic carbocycles. The first kappa shape index (κ1) is 13.8. The average molecular weight is 289 g/mol. The maximum absolute atomic E-state index is 12.3. The summed E-state index contributed by atoms with van der Waals surface area (Å²) in [6.07, 6.45) is 5.53. The molecule has 7 nitrogen and oxygen atoms in total. The molecule has 2 aromatic rings. The summed E-state index contributed by atoms with van der Waals surface area (Å²) in [4.78, 5) is 16.6. The maximum atomic E-state index is 12.3. The van der Waals surface area contributed by atoms with Gasteiger partial charge in [-0.05, 0) is 26.3 Å². The zero-order valence-corrected chi connectivity index (χ0v) is 12.2. The Kier molecular flexibility index (Phi) is 3.74. The van der Waals surface area contributed by atoms with E-state index < -0.39 is 0 Å². The number of rotatable bonds is 3. The number of carbonyl (C=O) groups is 1. The van der Waals surface area contributed by atoms with Gasteiger partial charge < -0.3 is 15.1 Å². The maximum Gasteiger partial charge on any atom is 0.273 e. The Hall–Kier alpha value is -2.15. The first-order chi connectivity index (χ1) is 10.1. The summed E-state index contributed by atoms with van der Waals surface area (Å²) in [6, 6.07) is 0.157. The van der Waals surface area contributed by atoms with Gasteiger partial charge in [0.25, 0.3) is 5.91 Å². The molecule has 1 saturated heterocycles. The van der Waals surface area contributed by atoms with Crippen LogP contribution in [0.1, 0.15) is 29.1 Å². The number of hydrogen-bond acceptors (Lipinski definition) is 5. The van der Waals surface area contributed by atoms with E-state index in [2.05, 4.69) is 20.7 Å². The van der Waals surface area contributed by atoms with E-state index >= 15 is 0 Å². The number of aryl methyl sites for hydroxylation is 2. The van der Waals surface area contributed by atoms with Gasteiger partial charge in [0.15, 0.2) is 5.69 Å². The Morgan fingerprint density at radius 3 is 3.10 bits per heavy atom. The van der Waals surface area contributed by atoms with E-state index in [4.69, 9.17) is 4.42 Å². The number of aromatic nitrogens is 3. The lowest BCUT2D eigenvalue weighted by Gasteiger charge is -2.23. The van der Waals surface area contributed by atoms with Gasteiger partial charge in [0.2, 0.25) is 5.89 Å². The van der Waals surface area contributed by atoms with E-state index in [-0.39, 0.29) is 11.9 Å². The van der Waals surface area contributed by atoms with Crippen molar-refractivity contribution >= 4 is 5.91 Å². The van der Waals surface area contributed by atoms with Crippen LogP contribution in [-0.2, 0) is 7.05 Å². The predicted molar refractivity (Wildman–Crippen MR) is 76.8 cm³/mol. The van der Waals surface area contributed by atoms with Gasteiger partial charge in [-0.3, -0.25) is 9.48 Å². The highest BCUT2D eigenvalue weighted by atomic mass is 16.4. The summed E-state index contributed by atoms with van der Waals surface area (Å²) in [5.41, 5.74) is 1.11. The number of nitrogens with one attached hydrogen (secondary N) is 2. The summed E-state index contributed by atoms with van der Waals surface area (Å²) >= 11 is 0. The van der Waals surface area contributed by atoms with Crippen LogP contribution in [-0.4, -0.2) is 39.8 Å². The van der Waals surface area contributed by atoms with Crippen molar-refractivity contribution in [2.75, 3.05) is 13.1 Å². The SMILES string of the molecule is Cc1oc(-c2cnn(C)c2)nc1C(=O)NC1CCCNC1. The minimum atomic E-state index is -0.180. The second-order valence-electron chi connectivity index (χ2n) is 5.34. The number of oxazole rings is 1. The van der Waals surface area contributed by atoms with E-state index in [1.807, 2.05) is 7.05 Å². The van der Waals surface area contributed by atoms with Crippen LogP contribution in [0.4, 0.5) is 0 Å². The molecule has 1 amide bonds. The lowest BCUT2D eigenvalue weighted by atomic mass is 10.1. The fraction of sp³-hybridized carbons (Fsp3) is 0.500. The standard InChI is InChI=1S/C14H19N5O2/c1-9-12(13(20)17-11-4-3-5-15-7-11)18-14(21-9)10-6-16-19(2)8-10/h6,8,11,15H,3-5,7H2,1-2H3,(H,17,20). The Bertz CT molecular complexity index is 640. The molecular weight excluding hydrogens is 270 g/mol. The molecule has 21 heavy (non-hydrogen) atoms. The number of nitrogens with zero attached hydrogens (tertiary/aromatic N) is 3. The highest BCUT2D eigenvalue weighted by Crippen LogP contribution is 2.21. The molecule has 3 heterocycles. The highest BCUT2D eigenvalue weighted by Gasteiger charge is 2.22. The van der Waals surface area contributed by atoms with Crippen LogP contribution in [0.25, 0.3) is 11.5 Å². The van der Waals surface area contributed by atoms with Crippen molar-refractivity contribution < 1.29 is 9.21 Å². The zero-order valence-electron chi connectivity index (χ0n) is 12.2. The first-order valence-electron chi connectivity index (χ1n) is 7.11. The van der Waals surface area contributed by atoms with Crippen LogP contribution < -0.4 is 10.6 Å². The van der Waals surface area contributed by atoms with Gasteiger partial charge in [-0.25, -0.2) is 4.98 Å². The molecule has 0 aliphatic carbocycles. The van der Waals surface area contributed by atoms with Gasteiger partial charge in [0, 0.05) is 25.8 Å². The number of carbonyl (C=O) groups excluding carboxylic acids is 1. The Labute approximate surface area is 122 Å². The minimum absolute atomic E-state index is 0.157. The summed E-state index contributed by atoms with van der Waals surface area (Å²) in [5, 5.41) is 10.3. The first-order valence-corrected chi connectivity index (χ1v) is 7.11. The second-order valence-corrected chi connectivity index (χ2v) is 5.34. The van der Waals surface area contributed by atoms with Crippen molar-refractivity contribution in [3.63, 3.8) is 0 Å². The average Bonchev–Trinajstić information content (AvgIpc) is 3.06. The van der Waals surface area contributed by atoms with E-state index in [1.165, 1.54) is 0 Å². The van der Waals surface area contributed by atoms with Gasteiger partial charge in [0.05, 0.1) is 11.8 Å². The summed E-state index contributed by atoms with van der Waals surface area (Å²) < 4.78 is 7.25. The van der Waals surface area contributed by atoms with Gasteiger partial charge in [0.1, 0.15) is 5.76 Å². The third-order valence-electron chi connectivity index (χ3n) is 3.60. The van der Waals surface area contributed by atoms with Crippen molar-refractivity contribution in [2.24, 2.45) is 7.05 Å². The molecule has 2 N–H and O–H groups in total. The molecule has 1 unspecified atom stereocenters. The van der Waals surface area contributed by atoms with Gasteiger partial charge in [-0.15, -0.1) is 0 Å². The fourth-order valence-corrected chi connectivity index (χ4v) is 2.49. The molecule has 0 saturated carbocycles. The van der Waals surface area contributed by atoms with Crippen molar-refractivity contribution in [3.05, 3.63) is 23.8 Å². The molecule has 112 valence electrons. The van der Waals surface area contributed by atoms with Crippen LogP contribution >= 0.6 is 0 Å². The van der Waals surface area contributed by atoms with E-state index in [0.29, 0.717) is 17.3 Å². The van der Waals surface area contributed by atoms with E-state index in [9.17, 15) is 4.79 Å². The summed E-state index contributed by atoms with van der Waals surface area (Å²) in [7, 11) is 1.82. The van der Waals surface area contributed by atoms with Crippen LogP contribution in [0.2, 0.25) is 0 Å². The molecule has 0 spiro atoms. The molecule has 0 bridgehead atoms. The molecular formula is C14H19N5O2. The number of piperidine rings is 1. The van der Waals surface area contributed by atoms with Crippen molar-refractivity contribution in [1.29, 1.82) is 0 Å². The molecule has 2 aromatic heterocycles. The zero-order chi connectivity index (χ0) is 14.8. The quantitative estimate of drug-likeness (QED) is 0.875. The van der Waals surface area contributed by atoms with Crippen molar-refractivity contribution in [3.8, 4) is 11.5 Å². The number of hydrogen-bond donors (Lipinski definition) is 2. The van der Waals surface area contributed by atoms with E-state index in [0.717, 1.165) is 31.5 Å². The molecule has 3 rings (SSSR count). The molecule has 1 aliphatic rings. The lowest BCUT2D eigenvalue weighted by Crippen LogP contribution is -2.45. The molecule has 1 aliphatic heterocycles. The minimum Gasteiger partial charge on any atom is -0.440 e. The topological polar surface area (TPSA) is 85.0 Å². The van der Waals surface area contributed by atoms with Gasteiger partial charge in [-0.1, -0.05) is 0 Å². The van der Waals surface area contributed by atoms with E-state index in [1.54, 1.807) is 24.0 Å². The smallest absolute Gasteiger partial charge is 0.273 e. The summed E-state index contributed by atoms with van der Waals surface area (Å²) in [6.45, 7) is 3.57. The largest absolute Gasteiger partial charge is 0.440 e. The fourth-order valence-electron chi connectivity index (χ4n) is 2.49. The molecule has 1 fully saturated rings. The monoisotopic (exact) mass is 289 g/mol. The number of amides is 1. The van der Waals surface area contributed by atoms with Gasteiger partial charge in [-0.2, -0.15) is 5.10 Å². The summed E-state index contributed by atoms with van der Waals surface area (Å²) in [5.74, 6) is 0.766. The lowest BCUT2D eigenvalue weighted by molar-refractivity contribution is 0.0924. The predicted octanol–water partition coefficient (Wildman–Crippen LogP) is 0.865. The van der Waals surface area contributed by atoms with Crippen LogP contribution in [0.3, 0.4) is 0 Å². The highest BCUT2D eigenvalue weighted by molar-refractivity contribution is 5.93. The van der Waals surface area contributed by atoms with Crippen molar-refractivity contribution in [1.82, 2.24) is 25.4 Å². The molecule has 0 radical (unpaired) electrons. The third-order valence-corrected chi connectivity index (χ3v) is 3.60.